The largest absolute Gasteiger partial charge is 0.454 e. The number of nitrogens with one attached hydrogen (secondary N) is 1. The van der Waals surface area contributed by atoms with Gasteiger partial charge in [0.05, 0.1) is 0 Å². The van der Waals surface area contributed by atoms with E-state index in [0.29, 0.717) is 12.8 Å². The third kappa shape index (κ3) is 3.24. The number of anilines is 1. The number of para-hydroxylation sites is 1. The molecular weight excluding hydrogens is 300 g/mol. The lowest BCUT2D eigenvalue weighted by molar-refractivity contribution is 0.174. The van der Waals surface area contributed by atoms with Gasteiger partial charge in [-0.05, 0) is 36.2 Å². The topological polar surface area (TPSA) is 33.7 Å². The molecule has 4 heteroatoms. The zero-order valence-electron chi connectivity index (χ0n) is 13.7. The molecule has 24 heavy (non-hydrogen) atoms. The minimum atomic E-state index is 0.322. The second-order valence-electron chi connectivity index (χ2n) is 6.14. The number of fused-ring (bicyclic) bond motifs is 1. The first kappa shape index (κ1) is 15.1. The highest BCUT2D eigenvalue weighted by molar-refractivity contribution is 5.57. The predicted octanol–water partition coefficient (Wildman–Crippen LogP) is 3.30. The molecule has 0 bridgehead atoms. The highest BCUT2D eigenvalue weighted by Crippen LogP contribution is 2.32. The van der Waals surface area contributed by atoms with Crippen molar-refractivity contribution in [2.45, 2.75) is 12.5 Å². The number of hydrogen-bond donors (Lipinski definition) is 1. The molecule has 1 N–H and O–H groups in total. The van der Waals surface area contributed by atoms with E-state index in [0.717, 1.165) is 43.1 Å². The summed E-state index contributed by atoms with van der Waals surface area (Å²) in [7, 11) is 0. The fourth-order valence-electron chi connectivity index (χ4n) is 3.31. The number of hydrogen-bond acceptors (Lipinski definition) is 4. The third-order valence-corrected chi connectivity index (χ3v) is 4.55. The molecule has 0 radical (unpaired) electrons. The van der Waals surface area contributed by atoms with E-state index in [1.54, 1.807) is 0 Å². The Labute approximate surface area is 142 Å². The monoisotopic (exact) mass is 322 g/mol. The van der Waals surface area contributed by atoms with Crippen molar-refractivity contribution < 1.29 is 9.47 Å². The first-order valence-corrected chi connectivity index (χ1v) is 8.49. The maximum atomic E-state index is 5.44. The van der Waals surface area contributed by atoms with E-state index in [1.807, 2.05) is 12.1 Å². The fraction of sp³-hybridized carbons (Fsp3) is 0.300. The summed E-state index contributed by atoms with van der Waals surface area (Å²) in [5.41, 5.74) is 2.45. The Balaban J connectivity index is 1.43. The van der Waals surface area contributed by atoms with E-state index in [2.05, 4.69) is 58.8 Å². The second kappa shape index (κ2) is 6.97. The van der Waals surface area contributed by atoms with Crippen LogP contribution in [0.3, 0.4) is 0 Å². The van der Waals surface area contributed by atoms with E-state index in [-0.39, 0.29) is 0 Å². The summed E-state index contributed by atoms with van der Waals surface area (Å²) in [6.07, 6.45) is 5.43. The number of nitrogens with zero attached hydrogens (tertiary/aromatic N) is 1. The van der Waals surface area contributed by atoms with Crippen molar-refractivity contribution in [2.24, 2.45) is 0 Å². The molecule has 0 aromatic heterocycles. The Bertz CT molecular complexity index is 715. The lowest BCUT2D eigenvalue weighted by Crippen LogP contribution is -2.51. The quantitative estimate of drug-likeness (QED) is 0.936. The summed E-state index contributed by atoms with van der Waals surface area (Å²) in [5, 5.41) is 3.51. The average molecular weight is 322 g/mol. The van der Waals surface area contributed by atoms with Gasteiger partial charge in [0, 0.05) is 31.4 Å². The van der Waals surface area contributed by atoms with Crippen LogP contribution in [0.4, 0.5) is 5.69 Å². The van der Waals surface area contributed by atoms with Gasteiger partial charge in [0.15, 0.2) is 11.5 Å². The summed E-state index contributed by atoms with van der Waals surface area (Å²) in [5.74, 6) is 1.67. The van der Waals surface area contributed by atoms with E-state index in [1.165, 1.54) is 5.69 Å². The minimum Gasteiger partial charge on any atom is -0.454 e. The van der Waals surface area contributed by atoms with Crippen LogP contribution < -0.4 is 19.7 Å². The molecule has 2 aromatic carbocycles. The maximum Gasteiger partial charge on any atom is 0.231 e. The molecule has 1 unspecified atom stereocenters. The van der Waals surface area contributed by atoms with Gasteiger partial charge in [0.1, 0.15) is 0 Å². The molecule has 0 saturated carbocycles. The molecule has 2 aliphatic rings. The van der Waals surface area contributed by atoms with Gasteiger partial charge in [-0.1, -0.05) is 36.4 Å². The minimum absolute atomic E-state index is 0.322. The molecule has 0 amide bonds. The van der Waals surface area contributed by atoms with Crippen molar-refractivity contribution in [1.29, 1.82) is 0 Å². The zero-order chi connectivity index (χ0) is 16.2. The van der Waals surface area contributed by atoms with Crippen molar-refractivity contribution in [2.75, 3.05) is 31.3 Å². The Morgan fingerprint density at radius 1 is 1.08 bits per heavy atom. The van der Waals surface area contributed by atoms with Crippen LogP contribution in [0.5, 0.6) is 11.5 Å². The van der Waals surface area contributed by atoms with Gasteiger partial charge in [-0.15, -0.1) is 0 Å². The molecular formula is C20H22N2O2. The summed E-state index contributed by atoms with van der Waals surface area (Å²) >= 11 is 0. The average Bonchev–Trinajstić information content (AvgIpc) is 3.11. The molecule has 124 valence electrons. The molecule has 0 aliphatic carbocycles. The Morgan fingerprint density at radius 3 is 2.88 bits per heavy atom. The van der Waals surface area contributed by atoms with Crippen LogP contribution in [0.15, 0.2) is 54.6 Å². The molecule has 1 saturated heterocycles. The lowest BCUT2D eigenvalue weighted by atomic mass is 10.1. The highest BCUT2D eigenvalue weighted by atomic mass is 16.7. The van der Waals surface area contributed by atoms with E-state index in [9.17, 15) is 0 Å². The van der Waals surface area contributed by atoms with Crippen molar-refractivity contribution in [1.82, 2.24) is 5.32 Å². The summed E-state index contributed by atoms with van der Waals surface area (Å²) < 4.78 is 10.8. The second-order valence-corrected chi connectivity index (χ2v) is 6.14. The van der Waals surface area contributed by atoms with Crippen LogP contribution in [0, 0.1) is 0 Å². The maximum absolute atomic E-state index is 5.44. The van der Waals surface area contributed by atoms with Gasteiger partial charge in [-0.25, -0.2) is 0 Å². The van der Waals surface area contributed by atoms with Gasteiger partial charge < -0.3 is 19.7 Å². The van der Waals surface area contributed by atoms with Crippen LogP contribution in [-0.2, 0) is 0 Å². The van der Waals surface area contributed by atoms with Gasteiger partial charge in [0.25, 0.3) is 0 Å². The smallest absolute Gasteiger partial charge is 0.231 e. The fourth-order valence-corrected chi connectivity index (χ4v) is 3.31. The van der Waals surface area contributed by atoms with Crippen LogP contribution in [0.25, 0.3) is 6.08 Å². The van der Waals surface area contributed by atoms with Gasteiger partial charge in [0.2, 0.25) is 6.79 Å². The standard InChI is InChI=1S/C20H22N2O2/c1-2-6-17(7-3-1)22-12-11-21-14-18(22)8-4-5-16-9-10-19-20(13-16)24-15-23-19/h1-7,9-10,13,18,21H,8,11-12,14-15H2. The van der Waals surface area contributed by atoms with Gasteiger partial charge in [-0.3, -0.25) is 0 Å². The molecule has 1 atom stereocenters. The molecule has 2 aliphatic heterocycles. The molecule has 2 aromatic rings. The van der Waals surface area contributed by atoms with Crippen LogP contribution >= 0.6 is 0 Å². The molecule has 4 rings (SSSR count). The lowest BCUT2D eigenvalue weighted by Gasteiger charge is -2.37. The van der Waals surface area contributed by atoms with Crippen molar-refractivity contribution in [3.8, 4) is 11.5 Å². The number of piperazine rings is 1. The Kier molecular flexibility index (Phi) is 4.38. The Morgan fingerprint density at radius 2 is 1.96 bits per heavy atom. The van der Waals surface area contributed by atoms with Crippen molar-refractivity contribution in [3.63, 3.8) is 0 Å². The normalized spacial score (nSPS) is 19.8. The van der Waals surface area contributed by atoms with E-state index >= 15 is 0 Å². The summed E-state index contributed by atoms with van der Waals surface area (Å²) in [6, 6.07) is 17.2. The van der Waals surface area contributed by atoms with Crippen LogP contribution in [0.2, 0.25) is 0 Å². The number of ether oxygens (including phenoxy) is 2. The SMILES string of the molecule is C(=Cc1ccc2c(c1)OCO2)CC1CNCCN1c1ccccc1. The Hall–Kier alpha value is -2.46. The summed E-state index contributed by atoms with van der Waals surface area (Å²) in [6.45, 7) is 3.42. The number of rotatable bonds is 4. The van der Waals surface area contributed by atoms with E-state index in [4.69, 9.17) is 9.47 Å². The van der Waals surface area contributed by atoms with Crippen molar-refractivity contribution in [3.05, 3.63) is 60.2 Å². The van der Waals surface area contributed by atoms with Gasteiger partial charge >= 0.3 is 0 Å². The van der Waals surface area contributed by atoms with Gasteiger partial charge in [-0.2, -0.15) is 0 Å². The van der Waals surface area contributed by atoms with Crippen LogP contribution in [-0.4, -0.2) is 32.5 Å². The van der Waals surface area contributed by atoms with Crippen LogP contribution in [0.1, 0.15) is 12.0 Å². The molecule has 4 nitrogen and oxygen atoms in total. The van der Waals surface area contributed by atoms with Crippen molar-refractivity contribution >= 4 is 11.8 Å². The first-order chi connectivity index (χ1) is 11.9. The number of benzene rings is 2. The first-order valence-electron chi connectivity index (χ1n) is 8.49. The molecule has 2 heterocycles. The zero-order valence-corrected chi connectivity index (χ0v) is 13.7. The highest BCUT2D eigenvalue weighted by Gasteiger charge is 2.21. The predicted molar refractivity (Wildman–Crippen MR) is 96.7 cm³/mol. The third-order valence-electron chi connectivity index (χ3n) is 4.55. The van der Waals surface area contributed by atoms with E-state index < -0.39 is 0 Å². The molecule has 1 fully saturated rings. The summed E-state index contributed by atoms with van der Waals surface area (Å²) in [4.78, 5) is 2.50. The molecule has 0 spiro atoms.